The average Bonchev–Trinajstić information content (AvgIpc) is 3.20. The smallest absolute Gasteiger partial charge is 0.0110 e. The van der Waals surface area contributed by atoms with Crippen molar-refractivity contribution >= 4 is 0 Å². The highest BCUT2D eigenvalue weighted by atomic mass is 15.2. The van der Waals surface area contributed by atoms with Crippen LogP contribution in [0.15, 0.2) is 30.3 Å². The Hall–Kier alpha value is -0.860. The number of nitrogens with zero attached hydrogens (tertiary/aromatic N) is 1. The number of likely N-dealkylation sites (N-methyl/N-ethyl adjacent to an activating group) is 1. The Labute approximate surface area is 111 Å². The predicted molar refractivity (Wildman–Crippen MR) is 77.9 cm³/mol. The minimum absolute atomic E-state index is 0.560. The molecule has 2 rings (SSSR count). The minimum atomic E-state index is 0.560. The highest BCUT2D eigenvalue weighted by Gasteiger charge is 2.27. The molecule has 0 amide bonds. The lowest BCUT2D eigenvalue weighted by Crippen LogP contribution is -2.37. The van der Waals surface area contributed by atoms with Crippen molar-refractivity contribution in [2.75, 3.05) is 19.6 Å². The third-order valence-electron chi connectivity index (χ3n) is 3.75. The lowest BCUT2D eigenvalue weighted by molar-refractivity contribution is 0.273. The standard InChI is InChI=1S/C16H26N2/c1-3-18(16-9-10-16)12-11-17-14(2)13-15-7-5-4-6-8-15/h4-8,14,16-17H,3,9-13H2,1-2H3. The zero-order valence-electron chi connectivity index (χ0n) is 11.7. The molecule has 0 aliphatic heterocycles. The normalized spacial score (nSPS) is 17.1. The summed E-state index contributed by atoms with van der Waals surface area (Å²) in [5.74, 6) is 0. The molecule has 0 radical (unpaired) electrons. The Morgan fingerprint density at radius 3 is 2.61 bits per heavy atom. The van der Waals surface area contributed by atoms with E-state index in [1.807, 2.05) is 0 Å². The van der Waals surface area contributed by atoms with Crippen LogP contribution in [0.1, 0.15) is 32.3 Å². The van der Waals surface area contributed by atoms with Crippen LogP contribution < -0.4 is 5.32 Å². The van der Waals surface area contributed by atoms with Crippen molar-refractivity contribution < 1.29 is 0 Å². The first-order valence-corrected chi connectivity index (χ1v) is 7.31. The molecular weight excluding hydrogens is 220 g/mol. The van der Waals surface area contributed by atoms with Crippen LogP contribution in [0.4, 0.5) is 0 Å². The number of benzene rings is 1. The number of nitrogens with one attached hydrogen (secondary N) is 1. The van der Waals surface area contributed by atoms with E-state index in [2.05, 4.69) is 54.4 Å². The molecule has 0 spiro atoms. The van der Waals surface area contributed by atoms with Crippen molar-refractivity contribution in [1.82, 2.24) is 10.2 Å². The maximum absolute atomic E-state index is 3.64. The van der Waals surface area contributed by atoms with Crippen LogP contribution in [-0.2, 0) is 6.42 Å². The van der Waals surface area contributed by atoms with E-state index in [0.717, 1.165) is 19.0 Å². The van der Waals surface area contributed by atoms with Gasteiger partial charge in [0.15, 0.2) is 0 Å². The van der Waals surface area contributed by atoms with Crippen LogP contribution in [-0.4, -0.2) is 36.6 Å². The van der Waals surface area contributed by atoms with Gasteiger partial charge in [0.1, 0.15) is 0 Å². The average molecular weight is 246 g/mol. The van der Waals surface area contributed by atoms with E-state index in [1.54, 1.807) is 0 Å². The van der Waals surface area contributed by atoms with Crippen LogP contribution in [0.5, 0.6) is 0 Å². The molecule has 0 aromatic heterocycles. The minimum Gasteiger partial charge on any atom is -0.313 e. The molecule has 1 atom stereocenters. The van der Waals surface area contributed by atoms with Gasteiger partial charge in [-0.15, -0.1) is 0 Å². The van der Waals surface area contributed by atoms with Crippen molar-refractivity contribution in [3.63, 3.8) is 0 Å². The van der Waals surface area contributed by atoms with Gasteiger partial charge in [0.25, 0.3) is 0 Å². The molecule has 0 heterocycles. The summed E-state index contributed by atoms with van der Waals surface area (Å²) in [6.07, 6.45) is 3.94. The molecular formula is C16H26N2. The summed E-state index contributed by atoms with van der Waals surface area (Å²) in [5.41, 5.74) is 1.42. The molecule has 1 aromatic rings. The highest BCUT2D eigenvalue weighted by Crippen LogP contribution is 2.25. The first-order chi connectivity index (χ1) is 8.79. The Morgan fingerprint density at radius 1 is 1.28 bits per heavy atom. The largest absolute Gasteiger partial charge is 0.313 e. The molecule has 0 bridgehead atoms. The van der Waals surface area contributed by atoms with Gasteiger partial charge in [-0.1, -0.05) is 37.3 Å². The quantitative estimate of drug-likeness (QED) is 0.758. The van der Waals surface area contributed by atoms with E-state index in [-0.39, 0.29) is 0 Å². The van der Waals surface area contributed by atoms with Crippen molar-refractivity contribution in [2.45, 2.75) is 45.2 Å². The summed E-state index contributed by atoms with van der Waals surface area (Å²) in [7, 11) is 0. The molecule has 1 unspecified atom stereocenters. The first-order valence-electron chi connectivity index (χ1n) is 7.31. The van der Waals surface area contributed by atoms with E-state index in [9.17, 15) is 0 Å². The van der Waals surface area contributed by atoms with Crippen molar-refractivity contribution in [2.24, 2.45) is 0 Å². The van der Waals surface area contributed by atoms with Gasteiger partial charge < -0.3 is 5.32 Å². The lowest BCUT2D eigenvalue weighted by Gasteiger charge is -2.21. The molecule has 1 aliphatic carbocycles. The van der Waals surface area contributed by atoms with Crippen LogP contribution >= 0.6 is 0 Å². The van der Waals surface area contributed by atoms with Crippen LogP contribution in [0.3, 0.4) is 0 Å². The second-order valence-electron chi connectivity index (χ2n) is 5.40. The molecule has 0 saturated heterocycles. The molecule has 2 nitrogen and oxygen atoms in total. The Morgan fingerprint density at radius 2 is 2.00 bits per heavy atom. The first kappa shape index (κ1) is 13.6. The SMILES string of the molecule is CCN(CCNC(C)Cc1ccccc1)C1CC1. The molecule has 18 heavy (non-hydrogen) atoms. The third-order valence-corrected chi connectivity index (χ3v) is 3.75. The highest BCUT2D eigenvalue weighted by molar-refractivity contribution is 5.15. The van der Waals surface area contributed by atoms with Gasteiger partial charge in [0.05, 0.1) is 0 Å². The second kappa shape index (κ2) is 6.91. The topological polar surface area (TPSA) is 15.3 Å². The third kappa shape index (κ3) is 4.43. The molecule has 1 saturated carbocycles. The van der Waals surface area contributed by atoms with Gasteiger partial charge in [-0.05, 0) is 38.3 Å². The van der Waals surface area contributed by atoms with Crippen molar-refractivity contribution in [1.29, 1.82) is 0 Å². The van der Waals surface area contributed by atoms with Crippen molar-refractivity contribution in [3.8, 4) is 0 Å². The van der Waals surface area contributed by atoms with E-state index < -0.39 is 0 Å². The monoisotopic (exact) mass is 246 g/mol. The second-order valence-corrected chi connectivity index (χ2v) is 5.40. The summed E-state index contributed by atoms with van der Waals surface area (Å²) >= 11 is 0. The zero-order chi connectivity index (χ0) is 12.8. The molecule has 1 aliphatic rings. The molecule has 2 heteroatoms. The summed E-state index contributed by atoms with van der Waals surface area (Å²) in [6.45, 7) is 8.05. The summed E-state index contributed by atoms with van der Waals surface area (Å²) in [5, 5.41) is 3.64. The number of rotatable bonds is 8. The van der Waals surface area contributed by atoms with Gasteiger partial charge in [-0.2, -0.15) is 0 Å². The van der Waals surface area contributed by atoms with Crippen LogP contribution in [0.2, 0.25) is 0 Å². The van der Waals surface area contributed by atoms with Gasteiger partial charge in [0, 0.05) is 25.2 Å². The Bertz CT molecular complexity index is 332. The van der Waals surface area contributed by atoms with Gasteiger partial charge >= 0.3 is 0 Å². The molecule has 100 valence electrons. The number of hydrogen-bond donors (Lipinski definition) is 1. The predicted octanol–water partition coefficient (Wildman–Crippen LogP) is 2.69. The van der Waals surface area contributed by atoms with Crippen LogP contribution in [0.25, 0.3) is 0 Å². The zero-order valence-corrected chi connectivity index (χ0v) is 11.7. The lowest BCUT2D eigenvalue weighted by atomic mass is 10.1. The number of hydrogen-bond acceptors (Lipinski definition) is 2. The summed E-state index contributed by atoms with van der Waals surface area (Å²) < 4.78 is 0. The fraction of sp³-hybridized carbons (Fsp3) is 0.625. The fourth-order valence-electron chi connectivity index (χ4n) is 2.53. The summed E-state index contributed by atoms with van der Waals surface area (Å²) in [6, 6.07) is 12.2. The van der Waals surface area contributed by atoms with E-state index in [4.69, 9.17) is 0 Å². The van der Waals surface area contributed by atoms with E-state index in [1.165, 1.54) is 31.5 Å². The Balaban J connectivity index is 1.63. The molecule has 1 aromatic carbocycles. The van der Waals surface area contributed by atoms with Gasteiger partial charge in [-0.3, -0.25) is 4.90 Å². The van der Waals surface area contributed by atoms with Crippen LogP contribution in [0, 0.1) is 0 Å². The van der Waals surface area contributed by atoms with Gasteiger partial charge in [-0.25, -0.2) is 0 Å². The van der Waals surface area contributed by atoms with E-state index in [0.29, 0.717) is 6.04 Å². The van der Waals surface area contributed by atoms with Gasteiger partial charge in [0.2, 0.25) is 0 Å². The molecule has 1 N–H and O–H groups in total. The Kier molecular flexibility index (Phi) is 5.21. The fourth-order valence-corrected chi connectivity index (χ4v) is 2.53. The van der Waals surface area contributed by atoms with Crippen molar-refractivity contribution in [3.05, 3.63) is 35.9 Å². The molecule has 1 fully saturated rings. The maximum Gasteiger partial charge on any atom is 0.0110 e. The van der Waals surface area contributed by atoms with E-state index >= 15 is 0 Å². The maximum atomic E-state index is 3.64. The summed E-state index contributed by atoms with van der Waals surface area (Å²) in [4.78, 5) is 2.60.